The molecular formula is C12H11N3O2S2. The molecule has 0 N–H and O–H groups in total. The van der Waals surface area contributed by atoms with Crippen molar-refractivity contribution in [1.82, 2.24) is 13.9 Å². The van der Waals surface area contributed by atoms with E-state index in [1.54, 1.807) is 18.0 Å². The number of aryl methyl sites for hydroxylation is 1. The first-order valence-corrected chi connectivity index (χ1v) is 7.33. The minimum Gasteiger partial charge on any atom is -0.480 e. The Morgan fingerprint density at radius 2 is 2.26 bits per heavy atom. The number of rotatable bonds is 3. The molecule has 0 atom stereocenters. The predicted octanol–water partition coefficient (Wildman–Crippen LogP) is 2.28. The normalized spacial score (nSPS) is 11.1. The van der Waals surface area contributed by atoms with Gasteiger partial charge in [0.2, 0.25) is 5.88 Å². The number of methoxy groups -OCH3 is 1. The first kappa shape index (κ1) is 12.3. The molecule has 3 rings (SSSR count). The molecule has 0 saturated carbocycles. The van der Waals surface area contributed by atoms with Crippen LogP contribution >= 0.6 is 22.9 Å². The lowest BCUT2D eigenvalue weighted by Gasteiger charge is -2.05. The van der Waals surface area contributed by atoms with Gasteiger partial charge in [0.25, 0.3) is 5.56 Å². The van der Waals surface area contributed by atoms with Gasteiger partial charge >= 0.3 is 0 Å². The molecule has 0 radical (unpaired) electrons. The van der Waals surface area contributed by atoms with E-state index in [-0.39, 0.29) is 5.56 Å². The summed E-state index contributed by atoms with van der Waals surface area (Å²) in [6, 6.07) is 0. The maximum atomic E-state index is 12.3. The van der Waals surface area contributed by atoms with Crippen LogP contribution in [-0.4, -0.2) is 21.0 Å². The molecule has 19 heavy (non-hydrogen) atoms. The molecule has 0 aliphatic carbocycles. The lowest BCUT2D eigenvalue weighted by molar-refractivity contribution is 0.396. The van der Waals surface area contributed by atoms with Crippen LogP contribution in [0.3, 0.4) is 0 Å². The monoisotopic (exact) mass is 293 g/mol. The number of aromatic nitrogens is 3. The highest BCUT2D eigenvalue weighted by atomic mass is 32.1. The van der Waals surface area contributed by atoms with Gasteiger partial charge in [-0.25, -0.2) is 4.98 Å². The third-order valence-electron chi connectivity index (χ3n) is 2.86. The van der Waals surface area contributed by atoms with E-state index in [0.29, 0.717) is 17.1 Å². The van der Waals surface area contributed by atoms with Crippen LogP contribution in [0.4, 0.5) is 0 Å². The van der Waals surface area contributed by atoms with E-state index in [0.717, 1.165) is 16.6 Å². The van der Waals surface area contributed by atoms with Gasteiger partial charge in [-0.3, -0.25) is 9.36 Å². The van der Waals surface area contributed by atoms with Crippen molar-refractivity contribution in [3.8, 4) is 5.88 Å². The van der Waals surface area contributed by atoms with Crippen molar-refractivity contribution in [2.24, 2.45) is 0 Å². The first-order chi connectivity index (χ1) is 9.20. The predicted molar refractivity (Wildman–Crippen MR) is 76.4 cm³/mol. The number of thiophene rings is 1. The van der Waals surface area contributed by atoms with E-state index >= 15 is 0 Å². The van der Waals surface area contributed by atoms with Crippen molar-refractivity contribution >= 4 is 33.1 Å². The Morgan fingerprint density at radius 1 is 1.42 bits per heavy atom. The fraction of sp³-hybridized carbons (Fsp3) is 0.250. The molecule has 0 unspecified atom stereocenters. The van der Waals surface area contributed by atoms with Gasteiger partial charge in [-0.1, -0.05) is 0 Å². The lowest BCUT2D eigenvalue weighted by Crippen LogP contribution is -2.20. The Bertz CT molecular complexity index is 788. The SMILES string of the molecule is COc1nscc1Cn1cnc2c(C)csc2c1=O. The quantitative estimate of drug-likeness (QED) is 0.743. The molecule has 3 aromatic heterocycles. The van der Waals surface area contributed by atoms with Gasteiger partial charge < -0.3 is 4.74 Å². The van der Waals surface area contributed by atoms with Gasteiger partial charge in [-0.15, -0.1) is 11.3 Å². The molecular weight excluding hydrogens is 282 g/mol. The van der Waals surface area contributed by atoms with E-state index in [4.69, 9.17) is 4.74 Å². The van der Waals surface area contributed by atoms with Crippen LogP contribution in [-0.2, 0) is 6.54 Å². The molecule has 3 aromatic rings. The molecule has 0 fully saturated rings. The van der Waals surface area contributed by atoms with Crippen LogP contribution in [0.5, 0.6) is 5.88 Å². The average Bonchev–Trinajstić information content (AvgIpc) is 3.00. The van der Waals surface area contributed by atoms with Gasteiger partial charge in [-0.2, -0.15) is 4.37 Å². The van der Waals surface area contributed by atoms with Crippen LogP contribution in [0, 0.1) is 6.92 Å². The summed E-state index contributed by atoms with van der Waals surface area (Å²) in [5.41, 5.74) is 2.71. The Labute approximate surface area is 117 Å². The van der Waals surface area contributed by atoms with E-state index in [1.165, 1.54) is 22.9 Å². The third kappa shape index (κ3) is 2.04. The molecule has 98 valence electrons. The van der Waals surface area contributed by atoms with Crippen LogP contribution in [0.25, 0.3) is 10.2 Å². The summed E-state index contributed by atoms with van der Waals surface area (Å²) >= 11 is 2.75. The second-order valence-electron chi connectivity index (χ2n) is 4.12. The molecule has 0 aromatic carbocycles. The summed E-state index contributed by atoms with van der Waals surface area (Å²) in [4.78, 5) is 16.7. The Hall–Kier alpha value is -1.73. The molecule has 0 amide bonds. The fourth-order valence-corrected chi connectivity index (χ4v) is 3.47. The largest absolute Gasteiger partial charge is 0.480 e. The van der Waals surface area contributed by atoms with Gasteiger partial charge in [0.15, 0.2) is 0 Å². The molecule has 0 aliphatic heterocycles. The Morgan fingerprint density at radius 3 is 3.05 bits per heavy atom. The summed E-state index contributed by atoms with van der Waals surface area (Å²) in [7, 11) is 1.57. The Balaban J connectivity index is 2.07. The molecule has 5 nitrogen and oxygen atoms in total. The number of hydrogen-bond acceptors (Lipinski definition) is 6. The summed E-state index contributed by atoms with van der Waals surface area (Å²) in [5.74, 6) is 0.569. The highest BCUT2D eigenvalue weighted by Gasteiger charge is 2.11. The smallest absolute Gasteiger partial charge is 0.271 e. The number of hydrogen-bond donors (Lipinski definition) is 0. The topological polar surface area (TPSA) is 57.0 Å². The van der Waals surface area contributed by atoms with Crippen LogP contribution in [0.15, 0.2) is 21.9 Å². The van der Waals surface area contributed by atoms with E-state index in [2.05, 4.69) is 9.36 Å². The standard InChI is InChI=1S/C12H11N3O2S2/c1-7-4-18-10-9(7)13-6-15(12(10)16)3-8-5-19-14-11(8)17-2/h4-6H,3H2,1-2H3. The van der Waals surface area contributed by atoms with Crippen molar-refractivity contribution in [3.05, 3.63) is 38.6 Å². The summed E-state index contributed by atoms with van der Waals surface area (Å²) < 4.78 is 11.6. The summed E-state index contributed by atoms with van der Waals surface area (Å²) in [5, 5.41) is 3.84. The second kappa shape index (κ2) is 4.75. The maximum Gasteiger partial charge on any atom is 0.271 e. The van der Waals surface area contributed by atoms with Gasteiger partial charge in [0, 0.05) is 10.9 Å². The molecule has 0 aliphatic rings. The molecule has 0 saturated heterocycles. The van der Waals surface area contributed by atoms with E-state index < -0.39 is 0 Å². The zero-order valence-electron chi connectivity index (χ0n) is 10.4. The fourth-order valence-electron chi connectivity index (χ4n) is 1.88. The summed E-state index contributed by atoms with van der Waals surface area (Å²) in [6.07, 6.45) is 1.58. The van der Waals surface area contributed by atoms with Crippen LogP contribution < -0.4 is 10.3 Å². The number of fused-ring (bicyclic) bond motifs is 1. The van der Waals surface area contributed by atoms with Gasteiger partial charge in [0.05, 0.1) is 25.5 Å². The zero-order chi connectivity index (χ0) is 13.4. The van der Waals surface area contributed by atoms with Crippen LogP contribution in [0.2, 0.25) is 0 Å². The van der Waals surface area contributed by atoms with Crippen molar-refractivity contribution in [2.45, 2.75) is 13.5 Å². The maximum absolute atomic E-state index is 12.3. The minimum absolute atomic E-state index is 0.0173. The minimum atomic E-state index is -0.0173. The molecule has 7 heteroatoms. The molecule has 3 heterocycles. The molecule has 0 spiro atoms. The van der Waals surface area contributed by atoms with E-state index in [1.807, 2.05) is 17.7 Å². The number of nitrogens with zero attached hydrogens (tertiary/aromatic N) is 3. The van der Waals surface area contributed by atoms with Gasteiger partial charge in [-0.05, 0) is 29.4 Å². The van der Waals surface area contributed by atoms with E-state index in [9.17, 15) is 4.79 Å². The lowest BCUT2D eigenvalue weighted by atomic mass is 10.3. The first-order valence-electron chi connectivity index (χ1n) is 5.61. The summed E-state index contributed by atoms with van der Waals surface area (Å²) in [6.45, 7) is 2.39. The van der Waals surface area contributed by atoms with Crippen molar-refractivity contribution < 1.29 is 4.74 Å². The van der Waals surface area contributed by atoms with Crippen LogP contribution in [0.1, 0.15) is 11.1 Å². The third-order valence-corrected chi connectivity index (χ3v) is 4.60. The average molecular weight is 293 g/mol. The highest BCUT2D eigenvalue weighted by molar-refractivity contribution is 7.17. The van der Waals surface area contributed by atoms with Crippen molar-refractivity contribution in [2.75, 3.05) is 7.11 Å². The van der Waals surface area contributed by atoms with Crippen molar-refractivity contribution in [3.63, 3.8) is 0 Å². The second-order valence-corrected chi connectivity index (χ2v) is 5.63. The zero-order valence-corrected chi connectivity index (χ0v) is 12.0. The van der Waals surface area contributed by atoms with Gasteiger partial charge in [0.1, 0.15) is 4.70 Å². The highest BCUT2D eigenvalue weighted by Crippen LogP contribution is 2.21. The van der Waals surface area contributed by atoms with Crippen molar-refractivity contribution in [1.29, 1.82) is 0 Å². The number of ether oxygens (including phenoxy) is 1. The Kier molecular flexibility index (Phi) is 3.08. The molecule has 0 bridgehead atoms.